The number of amides is 3. The Hall–Kier alpha value is -5.00. The molecule has 3 amide bonds. The second-order valence-corrected chi connectivity index (χ2v) is 10.0. The first kappa shape index (κ1) is 27.6. The number of aryl methyl sites for hydroxylation is 2. The Kier molecular flexibility index (Phi) is 7.56. The molecule has 1 aliphatic heterocycles. The average molecular weight is 558 g/mol. The third kappa shape index (κ3) is 5.28. The van der Waals surface area contributed by atoms with Crippen molar-refractivity contribution in [3.05, 3.63) is 65.7 Å². The lowest BCUT2D eigenvalue weighted by Crippen LogP contribution is -2.53. The van der Waals surface area contributed by atoms with Crippen LogP contribution in [0.2, 0.25) is 0 Å². The SMILES string of the molecule is COc1ccc2cc(-c3nnnn3C)ccc2c1CN1C(=O)[C@@H](NC(=O)[C@H](C)N(C)C(=O)O)CCc2ccccc21. The Balaban J connectivity index is 1.53. The summed E-state index contributed by atoms with van der Waals surface area (Å²) in [5.41, 5.74) is 3.39. The number of hydrogen-bond donors (Lipinski definition) is 2. The molecule has 0 bridgehead atoms. The molecule has 0 saturated heterocycles. The first-order valence-corrected chi connectivity index (χ1v) is 13.2. The van der Waals surface area contributed by atoms with Crippen molar-refractivity contribution in [1.29, 1.82) is 0 Å². The van der Waals surface area contributed by atoms with Gasteiger partial charge in [-0.25, -0.2) is 9.48 Å². The number of nitrogens with one attached hydrogen (secondary N) is 1. The number of carbonyl (C=O) groups is 3. The van der Waals surface area contributed by atoms with Crippen LogP contribution in [0.5, 0.6) is 5.75 Å². The fraction of sp³-hybridized carbons (Fsp3) is 0.310. The van der Waals surface area contributed by atoms with Crippen molar-refractivity contribution in [3.63, 3.8) is 0 Å². The highest BCUT2D eigenvalue weighted by molar-refractivity contribution is 6.02. The van der Waals surface area contributed by atoms with Crippen LogP contribution in [0.4, 0.5) is 10.5 Å². The number of para-hydroxylation sites is 1. The summed E-state index contributed by atoms with van der Waals surface area (Å²) in [4.78, 5) is 41.0. The summed E-state index contributed by atoms with van der Waals surface area (Å²) in [5, 5.41) is 25.7. The molecule has 1 aromatic heterocycles. The van der Waals surface area contributed by atoms with Crippen LogP contribution >= 0.6 is 0 Å². The molecule has 0 aliphatic carbocycles. The number of tetrazole rings is 1. The van der Waals surface area contributed by atoms with Gasteiger partial charge in [0.15, 0.2) is 5.82 Å². The molecule has 4 aromatic rings. The summed E-state index contributed by atoms with van der Waals surface area (Å²) >= 11 is 0. The van der Waals surface area contributed by atoms with Gasteiger partial charge in [0.05, 0.1) is 13.7 Å². The van der Waals surface area contributed by atoms with Gasteiger partial charge in [-0.15, -0.1) is 5.10 Å². The number of likely N-dealkylation sites (N-methyl/N-ethyl adjacent to an activating group) is 1. The zero-order valence-electron chi connectivity index (χ0n) is 23.2. The molecule has 0 fully saturated rings. The van der Waals surface area contributed by atoms with Gasteiger partial charge in [0.25, 0.3) is 0 Å². The number of aromatic nitrogens is 4. The first-order valence-electron chi connectivity index (χ1n) is 13.2. The summed E-state index contributed by atoms with van der Waals surface area (Å²) in [6, 6.07) is 15.6. The zero-order chi connectivity index (χ0) is 29.3. The van der Waals surface area contributed by atoms with Crippen LogP contribution in [-0.4, -0.2) is 74.4 Å². The van der Waals surface area contributed by atoms with E-state index in [1.807, 2.05) is 54.6 Å². The van der Waals surface area contributed by atoms with E-state index in [-0.39, 0.29) is 12.5 Å². The molecule has 3 aromatic carbocycles. The number of anilines is 1. The van der Waals surface area contributed by atoms with E-state index in [0.29, 0.717) is 24.4 Å². The predicted molar refractivity (Wildman–Crippen MR) is 151 cm³/mol. The lowest BCUT2D eigenvalue weighted by Gasteiger charge is -2.29. The fourth-order valence-corrected chi connectivity index (χ4v) is 5.15. The minimum atomic E-state index is -1.23. The molecule has 41 heavy (non-hydrogen) atoms. The Bertz CT molecular complexity index is 1640. The molecule has 0 spiro atoms. The standard InChI is InChI=1S/C29H31N7O5/c1-17(34(2)29(39)40)27(37)30-23-13-10-18-7-5-6-8-24(18)36(28(23)38)16-22-21-12-9-20(26-31-32-33-35(26)3)15-19(21)11-14-25(22)41-4/h5-9,11-12,14-15,17,23H,10,13,16H2,1-4H3,(H,30,37)(H,39,40)/t17-,23-/m0/s1. The zero-order valence-corrected chi connectivity index (χ0v) is 23.2. The number of fused-ring (bicyclic) bond motifs is 2. The Morgan fingerprint density at radius 1 is 1.20 bits per heavy atom. The van der Waals surface area contributed by atoms with Crippen LogP contribution in [0, 0.1) is 0 Å². The maximum atomic E-state index is 14.1. The molecule has 0 saturated carbocycles. The quantitative estimate of drug-likeness (QED) is 0.353. The lowest BCUT2D eigenvalue weighted by atomic mass is 9.99. The van der Waals surface area contributed by atoms with Gasteiger partial charge in [-0.05, 0) is 64.7 Å². The number of carboxylic acid groups (broad SMARTS) is 1. The van der Waals surface area contributed by atoms with Gasteiger partial charge < -0.3 is 20.1 Å². The Labute approximate surface area is 236 Å². The molecular weight excluding hydrogens is 526 g/mol. The summed E-state index contributed by atoms with van der Waals surface area (Å²) in [6.07, 6.45) is -0.284. The third-order valence-corrected chi connectivity index (χ3v) is 7.63. The summed E-state index contributed by atoms with van der Waals surface area (Å²) in [5.74, 6) is 0.432. The highest BCUT2D eigenvalue weighted by Crippen LogP contribution is 2.35. The van der Waals surface area contributed by atoms with Crippen LogP contribution in [0.15, 0.2) is 54.6 Å². The molecule has 2 atom stereocenters. The van der Waals surface area contributed by atoms with Crippen LogP contribution < -0.4 is 15.0 Å². The van der Waals surface area contributed by atoms with Gasteiger partial charge in [0.2, 0.25) is 11.8 Å². The van der Waals surface area contributed by atoms with E-state index in [0.717, 1.165) is 38.1 Å². The molecule has 2 heterocycles. The number of benzene rings is 3. The van der Waals surface area contributed by atoms with E-state index in [4.69, 9.17) is 4.74 Å². The molecule has 212 valence electrons. The van der Waals surface area contributed by atoms with Crippen LogP contribution in [-0.2, 0) is 29.6 Å². The molecule has 12 heteroatoms. The second kappa shape index (κ2) is 11.2. The maximum Gasteiger partial charge on any atom is 0.407 e. The molecule has 0 unspecified atom stereocenters. The van der Waals surface area contributed by atoms with Gasteiger partial charge in [-0.3, -0.25) is 14.5 Å². The van der Waals surface area contributed by atoms with Crippen molar-refractivity contribution in [1.82, 2.24) is 30.4 Å². The summed E-state index contributed by atoms with van der Waals surface area (Å²) in [6.45, 7) is 1.68. The molecule has 0 radical (unpaired) electrons. The highest BCUT2D eigenvalue weighted by Gasteiger charge is 2.34. The van der Waals surface area contributed by atoms with Crippen molar-refractivity contribution in [2.45, 2.75) is 38.4 Å². The minimum Gasteiger partial charge on any atom is -0.496 e. The monoisotopic (exact) mass is 557 g/mol. The van der Waals surface area contributed by atoms with E-state index in [9.17, 15) is 19.5 Å². The molecule has 5 rings (SSSR count). The van der Waals surface area contributed by atoms with Crippen molar-refractivity contribution in [2.24, 2.45) is 7.05 Å². The van der Waals surface area contributed by atoms with Gasteiger partial charge >= 0.3 is 6.09 Å². The molecule has 2 N–H and O–H groups in total. The molecule has 1 aliphatic rings. The van der Waals surface area contributed by atoms with Gasteiger partial charge in [0.1, 0.15) is 17.8 Å². The number of nitrogens with zero attached hydrogens (tertiary/aromatic N) is 6. The van der Waals surface area contributed by atoms with Gasteiger partial charge in [-0.1, -0.05) is 36.4 Å². The Morgan fingerprint density at radius 3 is 2.68 bits per heavy atom. The Morgan fingerprint density at radius 2 is 1.98 bits per heavy atom. The number of carbonyl (C=O) groups excluding carboxylic acids is 2. The topological polar surface area (TPSA) is 143 Å². The van der Waals surface area contributed by atoms with Crippen molar-refractivity contribution >= 4 is 34.4 Å². The van der Waals surface area contributed by atoms with E-state index in [2.05, 4.69) is 20.8 Å². The van der Waals surface area contributed by atoms with Crippen molar-refractivity contribution in [2.75, 3.05) is 19.1 Å². The third-order valence-electron chi connectivity index (χ3n) is 7.63. The van der Waals surface area contributed by atoms with Crippen LogP contribution in [0.1, 0.15) is 24.5 Å². The van der Waals surface area contributed by atoms with E-state index < -0.39 is 24.1 Å². The minimum absolute atomic E-state index is 0.193. The van der Waals surface area contributed by atoms with Crippen molar-refractivity contribution in [3.8, 4) is 17.1 Å². The number of ether oxygens (including phenoxy) is 1. The number of hydrogen-bond acceptors (Lipinski definition) is 7. The van der Waals surface area contributed by atoms with Crippen molar-refractivity contribution < 1.29 is 24.2 Å². The van der Waals surface area contributed by atoms with Crippen LogP contribution in [0.25, 0.3) is 22.2 Å². The lowest BCUT2D eigenvalue weighted by molar-refractivity contribution is -0.130. The van der Waals surface area contributed by atoms with Gasteiger partial charge in [-0.2, -0.15) is 0 Å². The second-order valence-electron chi connectivity index (χ2n) is 10.0. The van der Waals surface area contributed by atoms with E-state index in [1.54, 1.807) is 23.7 Å². The van der Waals surface area contributed by atoms with E-state index in [1.165, 1.54) is 14.0 Å². The predicted octanol–water partition coefficient (Wildman–Crippen LogP) is 3.00. The normalized spacial score (nSPS) is 15.7. The van der Waals surface area contributed by atoms with Crippen LogP contribution in [0.3, 0.4) is 0 Å². The highest BCUT2D eigenvalue weighted by atomic mass is 16.5. The first-order chi connectivity index (χ1) is 19.7. The summed E-state index contributed by atoms with van der Waals surface area (Å²) < 4.78 is 7.34. The largest absolute Gasteiger partial charge is 0.496 e. The fourth-order valence-electron chi connectivity index (χ4n) is 5.15. The number of rotatable bonds is 7. The average Bonchev–Trinajstić information content (AvgIpc) is 3.36. The summed E-state index contributed by atoms with van der Waals surface area (Å²) in [7, 11) is 4.69. The number of methoxy groups -OCH3 is 1. The van der Waals surface area contributed by atoms with Gasteiger partial charge in [0, 0.05) is 30.9 Å². The van der Waals surface area contributed by atoms with E-state index >= 15 is 0 Å². The maximum absolute atomic E-state index is 14.1. The smallest absolute Gasteiger partial charge is 0.407 e. The molecular formula is C29H31N7O5. The molecule has 12 nitrogen and oxygen atoms in total.